The average Bonchev–Trinajstić information content (AvgIpc) is 2.38. The van der Waals surface area contributed by atoms with Gasteiger partial charge in [-0.1, -0.05) is 44.9 Å². The quantitative estimate of drug-likeness (QED) is 0.783. The Bertz CT molecular complexity index is 494. The fourth-order valence-electron chi connectivity index (χ4n) is 1.94. The summed E-state index contributed by atoms with van der Waals surface area (Å²) >= 11 is 0. The number of nitrogens with one attached hydrogen (secondary N) is 1. The van der Waals surface area contributed by atoms with Crippen molar-refractivity contribution in [1.82, 2.24) is 9.97 Å². The normalized spacial score (nSPS) is 11.1. The Morgan fingerprint density at radius 3 is 2.83 bits per heavy atom. The third kappa shape index (κ3) is 3.69. The van der Waals surface area contributed by atoms with Crippen molar-refractivity contribution in [3.63, 3.8) is 0 Å². The Labute approximate surface area is 109 Å². The molecule has 0 unspecified atom stereocenters. The fraction of sp³-hybridized carbons (Fsp3) is 0.467. The molecule has 3 nitrogen and oxygen atoms in total. The van der Waals surface area contributed by atoms with Gasteiger partial charge in [0.05, 0.1) is 5.52 Å². The largest absolute Gasteiger partial charge is 0.354 e. The van der Waals surface area contributed by atoms with Gasteiger partial charge in [-0.2, -0.15) is 0 Å². The first kappa shape index (κ1) is 12.8. The molecule has 1 aromatic heterocycles. The number of aromatic nitrogens is 2. The zero-order valence-electron chi connectivity index (χ0n) is 11.2. The number of rotatable bonds is 6. The molecule has 0 aliphatic rings. The van der Waals surface area contributed by atoms with Crippen molar-refractivity contribution in [2.24, 2.45) is 5.92 Å². The minimum absolute atomic E-state index is 0.734. The Morgan fingerprint density at radius 1 is 1.17 bits per heavy atom. The van der Waals surface area contributed by atoms with E-state index < -0.39 is 0 Å². The van der Waals surface area contributed by atoms with E-state index in [1.54, 1.807) is 0 Å². The van der Waals surface area contributed by atoms with Crippen LogP contribution in [0.25, 0.3) is 10.9 Å². The van der Waals surface area contributed by atoms with Gasteiger partial charge in [-0.15, -0.1) is 0 Å². The van der Waals surface area contributed by atoms with Crippen LogP contribution in [0.4, 0.5) is 5.95 Å². The number of hydrogen-bond donors (Lipinski definition) is 1. The van der Waals surface area contributed by atoms with Crippen molar-refractivity contribution >= 4 is 16.9 Å². The van der Waals surface area contributed by atoms with Gasteiger partial charge in [-0.05, 0) is 18.4 Å². The van der Waals surface area contributed by atoms with E-state index in [0.717, 1.165) is 29.3 Å². The van der Waals surface area contributed by atoms with E-state index >= 15 is 0 Å². The number of unbranched alkanes of at least 4 members (excludes halogenated alkanes) is 1. The van der Waals surface area contributed by atoms with Gasteiger partial charge in [-0.25, -0.2) is 9.97 Å². The maximum Gasteiger partial charge on any atom is 0.223 e. The Morgan fingerprint density at radius 2 is 2.00 bits per heavy atom. The molecule has 0 aliphatic carbocycles. The first-order valence-corrected chi connectivity index (χ1v) is 6.71. The summed E-state index contributed by atoms with van der Waals surface area (Å²) in [6, 6.07) is 8.05. The molecule has 18 heavy (non-hydrogen) atoms. The lowest BCUT2D eigenvalue weighted by atomic mass is 10.1. The highest BCUT2D eigenvalue weighted by atomic mass is 15.1. The van der Waals surface area contributed by atoms with Crippen LogP contribution >= 0.6 is 0 Å². The second-order valence-corrected chi connectivity index (χ2v) is 5.07. The highest BCUT2D eigenvalue weighted by Crippen LogP contribution is 2.12. The van der Waals surface area contributed by atoms with Crippen molar-refractivity contribution in [3.05, 3.63) is 30.5 Å². The number of hydrogen-bond acceptors (Lipinski definition) is 3. The zero-order chi connectivity index (χ0) is 12.8. The smallest absolute Gasteiger partial charge is 0.223 e. The van der Waals surface area contributed by atoms with E-state index in [1.165, 1.54) is 19.3 Å². The molecule has 0 bridgehead atoms. The summed E-state index contributed by atoms with van der Waals surface area (Å²) in [6.45, 7) is 5.48. The lowest BCUT2D eigenvalue weighted by Gasteiger charge is -2.06. The maximum absolute atomic E-state index is 4.49. The summed E-state index contributed by atoms with van der Waals surface area (Å²) in [6.07, 6.45) is 5.60. The predicted molar refractivity (Wildman–Crippen MR) is 76.7 cm³/mol. The first-order chi connectivity index (χ1) is 8.75. The average molecular weight is 243 g/mol. The van der Waals surface area contributed by atoms with Gasteiger partial charge in [0.1, 0.15) is 0 Å². The van der Waals surface area contributed by atoms with Crippen LogP contribution in [-0.4, -0.2) is 16.5 Å². The van der Waals surface area contributed by atoms with Crippen LogP contribution in [0.5, 0.6) is 0 Å². The molecular formula is C15H21N3. The lowest BCUT2D eigenvalue weighted by molar-refractivity contribution is 0.544. The lowest BCUT2D eigenvalue weighted by Crippen LogP contribution is -2.05. The van der Waals surface area contributed by atoms with E-state index in [4.69, 9.17) is 0 Å². The van der Waals surface area contributed by atoms with Gasteiger partial charge in [0.15, 0.2) is 0 Å². The molecule has 96 valence electrons. The van der Waals surface area contributed by atoms with E-state index in [0.29, 0.717) is 0 Å². The summed E-state index contributed by atoms with van der Waals surface area (Å²) < 4.78 is 0. The zero-order valence-corrected chi connectivity index (χ0v) is 11.2. The molecule has 0 atom stereocenters. The van der Waals surface area contributed by atoms with E-state index in [1.807, 2.05) is 30.5 Å². The van der Waals surface area contributed by atoms with Crippen molar-refractivity contribution in [1.29, 1.82) is 0 Å². The molecular weight excluding hydrogens is 222 g/mol. The third-order valence-electron chi connectivity index (χ3n) is 2.98. The van der Waals surface area contributed by atoms with Gasteiger partial charge in [0, 0.05) is 18.1 Å². The highest BCUT2D eigenvalue weighted by molar-refractivity contribution is 5.78. The topological polar surface area (TPSA) is 37.8 Å². The summed E-state index contributed by atoms with van der Waals surface area (Å²) in [5.41, 5.74) is 0.997. The highest BCUT2D eigenvalue weighted by Gasteiger charge is 1.99. The minimum Gasteiger partial charge on any atom is -0.354 e. The molecule has 0 saturated heterocycles. The van der Waals surface area contributed by atoms with Crippen molar-refractivity contribution in [2.45, 2.75) is 33.1 Å². The summed E-state index contributed by atoms with van der Waals surface area (Å²) in [4.78, 5) is 8.80. The summed E-state index contributed by atoms with van der Waals surface area (Å²) in [5, 5.41) is 4.37. The molecule has 0 amide bonds. The molecule has 1 N–H and O–H groups in total. The molecule has 0 fully saturated rings. The molecule has 0 spiro atoms. The van der Waals surface area contributed by atoms with Crippen LogP contribution < -0.4 is 5.32 Å². The van der Waals surface area contributed by atoms with Crippen LogP contribution in [0.2, 0.25) is 0 Å². The van der Waals surface area contributed by atoms with Crippen LogP contribution in [0.3, 0.4) is 0 Å². The number of anilines is 1. The molecule has 2 rings (SSSR count). The van der Waals surface area contributed by atoms with Gasteiger partial charge >= 0.3 is 0 Å². The summed E-state index contributed by atoms with van der Waals surface area (Å²) in [7, 11) is 0. The predicted octanol–water partition coefficient (Wildman–Crippen LogP) is 3.87. The Kier molecular flexibility index (Phi) is 4.51. The molecule has 0 saturated carbocycles. The molecule has 0 aliphatic heterocycles. The monoisotopic (exact) mass is 243 g/mol. The van der Waals surface area contributed by atoms with E-state index in [-0.39, 0.29) is 0 Å². The van der Waals surface area contributed by atoms with Crippen molar-refractivity contribution in [2.75, 3.05) is 11.9 Å². The summed E-state index contributed by atoms with van der Waals surface area (Å²) in [5.74, 6) is 1.53. The molecule has 1 heterocycles. The molecule has 1 aromatic carbocycles. The van der Waals surface area contributed by atoms with Gasteiger partial charge < -0.3 is 5.32 Å². The van der Waals surface area contributed by atoms with Crippen LogP contribution in [-0.2, 0) is 0 Å². The molecule has 0 radical (unpaired) electrons. The third-order valence-corrected chi connectivity index (χ3v) is 2.98. The molecule has 2 aromatic rings. The Balaban J connectivity index is 1.84. The van der Waals surface area contributed by atoms with Crippen LogP contribution in [0.15, 0.2) is 30.5 Å². The van der Waals surface area contributed by atoms with Gasteiger partial charge in [0.25, 0.3) is 0 Å². The number of benzene rings is 1. The van der Waals surface area contributed by atoms with Gasteiger partial charge in [-0.3, -0.25) is 0 Å². The second kappa shape index (κ2) is 6.34. The van der Waals surface area contributed by atoms with E-state index in [9.17, 15) is 0 Å². The van der Waals surface area contributed by atoms with Crippen LogP contribution in [0.1, 0.15) is 33.1 Å². The fourth-order valence-corrected chi connectivity index (χ4v) is 1.94. The van der Waals surface area contributed by atoms with Crippen molar-refractivity contribution in [3.8, 4) is 0 Å². The molecule has 3 heteroatoms. The maximum atomic E-state index is 4.49. The first-order valence-electron chi connectivity index (χ1n) is 6.71. The van der Waals surface area contributed by atoms with Crippen molar-refractivity contribution < 1.29 is 0 Å². The van der Waals surface area contributed by atoms with Crippen LogP contribution in [0, 0.1) is 5.92 Å². The standard InChI is InChI=1S/C15H21N3/c1-12(2)7-5-6-10-16-15-17-11-13-8-3-4-9-14(13)18-15/h3-4,8-9,11-12H,5-7,10H2,1-2H3,(H,16,17,18). The minimum atomic E-state index is 0.734. The second-order valence-electron chi connectivity index (χ2n) is 5.07. The number of fused-ring (bicyclic) bond motifs is 1. The van der Waals surface area contributed by atoms with E-state index in [2.05, 4.69) is 29.1 Å². The SMILES string of the molecule is CC(C)CCCCNc1ncc2ccccc2n1. The number of para-hydroxylation sites is 1. The number of nitrogens with zero attached hydrogens (tertiary/aromatic N) is 2. The Hall–Kier alpha value is -1.64. The van der Waals surface area contributed by atoms with Gasteiger partial charge in [0.2, 0.25) is 5.95 Å².